The van der Waals surface area contributed by atoms with E-state index in [0.29, 0.717) is 55.6 Å². The minimum absolute atomic E-state index is 0.00242. The van der Waals surface area contributed by atoms with Crippen molar-refractivity contribution in [1.29, 1.82) is 0 Å². The van der Waals surface area contributed by atoms with Crippen LogP contribution in [-0.4, -0.2) is 136 Å². The molecular weight excluding hydrogens is 742 g/mol. The highest BCUT2D eigenvalue weighted by atomic mass is 35.5. The Balaban J connectivity index is 1.21. The summed E-state index contributed by atoms with van der Waals surface area (Å²) >= 11 is 8.56. The number of fused-ring (bicyclic) bond motifs is 5. The molecule has 5 aliphatic rings. The quantitative estimate of drug-likeness (QED) is 0.0661. The lowest BCUT2D eigenvalue weighted by Crippen LogP contribution is -2.72. The highest BCUT2D eigenvalue weighted by Crippen LogP contribution is 2.46. The number of nitrogens with one attached hydrogen (secondary N) is 1. The van der Waals surface area contributed by atoms with Gasteiger partial charge in [-0.15, -0.1) is 23.1 Å². The fourth-order valence-corrected chi connectivity index (χ4v) is 9.18. The van der Waals surface area contributed by atoms with Gasteiger partial charge in [0, 0.05) is 35.1 Å². The molecule has 0 saturated carbocycles. The number of β-lactam (4-membered cyclic amide) rings is 1. The lowest BCUT2D eigenvalue weighted by molar-refractivity contribution is -0.925. The number of thiazole rings is 1. The number of phenolic OH excluding ortho intramolecular Hbond substituents is 2. The number of thioether (sulfide) groups is 1. The lowest BCUT2D eigenvalue weighted by atomic mass is 9.97. The molecule has 6 heterocycles. The summed E-state index contributed by atoms with van der Waals surface area (Å²) in [6.07, 6.45) is 1.29. The van der Waals surface area contributed by atoms with E-state index in [2.05, 4.69) is 15.5 Å². The molecule has 1 aromatic heterocycles. The molecule has 278 valence electrons. The van der Waals surface area contributed by atoms with Gasteiger partial charge in [-0.25, -0.2) is 14.6 Å². The number of hydrogen-bond acceptors (Lipinski definition) is 13. The second-order valence-electron chi connectivity index (χ2n) is 13.6. The monoisotopic (exact) mass is 778 g/mol. The number of carboxylic acid groups (broad SMARTS) is 2. The zero-order valence-corrected chi connectivity index (χ0v) is 30.6. The van der Waals surface area contributed by atoms with E-state index >= 15 is 0 Å². The van der Waals surface area contributed by atoms with E-state index < -0.39 is 58.0 Å². The number of quaternary nitrogens is 1. The summed E-state index contributed by atoms with van der Waals surface area (Å²) in [6.45, 7) is 6.85. The SMILES string of the molecule is C[C@@H]1S[C@@H]2[C@H](NC(=O)/C(=N\OC(C)(C)C(=O)O)c3csc(N)n3)C(=O)N2C(C(=O)O)=C1C[N+]12CCC(CC1)N(C(=O)c1ccc(O)c(O)c1Cl)CC2. The van der Waals surface area contributed by atoms with E-state index in [9.17, 15) is 44.4 Å². The first kappa shape index (κ1) is 37.2. The molecule has 5 aliphatic heterocycles. The molecule has 0 unspecified atom stereocenters. The third-order valence-corrected chi connectivity index (χ3v) is 12.5. The summed E-state index contributed by atoms with van der Waals surface area (Å²) in [5.41, 5.74) is 4.05. The molecule has 4 saturated heterocycles. The van der Waals surface area contributed by atoms with Crippen molar-refractivity contribution in [3.8, 4) is 11.5 Å². The first-order chi connectivity index (χ1) is 24.4. The molecule has 4 fully saturated rings. The standard InChI is InChI=1S/C32H36ClN7O10S2/c1-14-17(12-40-9-6-15(7-10-40)38(8-11-40)26(44)16-4-5-19(41)24(42)20(16)33)23(29(46)47)39-27(45)22(28(39)52-14)36-25(43)21(18-13-51-31(34)35-18)37-50-32(2,3)30(48)49/h4-5,13-15,22,28H,6-12H2,1-3H3,(H6-,34,35,36,37,41,42,43,44,46,47,48,49)/p+1/t14-,15?,22+,28+,40?/m0/s1. The number of rotatable bonds is 10. The van der Waals surface area contributed by atoms with E-state index in [4.69, 9.17) is 22.2 Å². The number of anilines is 1. The van der Waals surface area contributed by atoms with Gasteiger partial charge in [-0.1, -0.05) is 16.8 Å². The summed E-state index contributed by atoms with van der Waals surface area (Å²) in [6, 6.07) is 1.36. The van der Waals surface area contributed by atoms with E-state index in [1.54, 1.807) is 4.90 Å². The van der Waals surface area contributed by atoms with Crippen LogP contribution in [-0.2, 0) is 24.0 Å². The number of carbonyl (C=O) groups excluding carboxylic acids is 3. The number of carboxylic acids is 2. The average Bonchev–Trinajstić information content (AvgIpc) is 3.34. The molecule has 0 spiro atoms. The molecule has 7 rings (SSSR count). The van der Waals surface area contributed by atoms with Crippen LogP contribution in [0.3, 0.4) is 0 Å². The maximum absolute atomic E-state index is 13.6. The number of halogens is 1. The largest absolute Gasteiger partial charge is 0.504 e. The summed E-state index contributed by atoms with van der Waals surface area (Å²) in [7, 11) is 0. The second kappa shape index (κ2) is 13.8. The molecule has 1 aromatic carbocycles. The number of benzene rings is 1. The summed E-state index contributed by atoms with van der Waals surface area (Å²) in [4.78, 5) is 77.3. The maximum atomic E-state index is 13.6. The predicted molar refractivity (Wildman–Crippen MR) is 189 cm³/mol. The minimum Gasteiger partial charge on any atom is -0.504 e. The Morgan fingerprint density at radius 1 is 1.17 bits per heavy atom. The minimum atomic E-state index is -1.80. The van der Waals surface area contributed by atoms with Crippen molar-refractivity contribution < 1.29 is 53.7 Å². The maximum Gasteiger partial charge on any atom is 0.352 e. The highest BCUT2D eigenvalue weighted by molar-refractivity contribution is 8.00. The van der Waals surface area contributed by atoms with Gasteiger partial charge in [0.25, 0.3) is 17.7 Å². The molecule has 20 heteroatoms. The van der Waals surface area contributed by atoms with Gasteiger partial charge < -0.3 is 45.7 Å². The van der Waals surface area contributed by atoms with Crippen LogP contribution in [0.15, 0.2) is 33.9 Å². The van der Waals surface area contributed by atoms with Gasteiger partial charge in [0.1, 0.15) is 29.4 Å². The Hall–Kier alpha value is -4.59. The molecule has 52 heavy (non-hydrogen) atoms. The average molecular weight is 779 g/mol. The molecule has 3 amide bonds. The number of nitrogens with zero attached hydrogens (tertiary/aromatic N) is 5. The third-order valence-electron chi connectivity index (χ3n) is 9.99. The Kier molecular flexibility index (Phi) is 9.83. The number of nitrogens with two attached hydrogens (primary N) is 1. The number of carbonyl (C=O) groups is 5. The summed E-state index contributed by atoms with van der Waals surface area (Å²) < 4.78 is 0.502. The van der Waals surface area contributed by atoms with Gasteiger partial charge in [-0.2, -0.15) is 0 Å². The van der Waals surface area contributed by atoms with Gasteiger partial charge in [0.05, 0.1) is 36.8 Å². The smallest absolute Gasteiger partial charge is 0.352 e. The predicted octanol–water partition coefficient (Wildman–Crippen LogP) is 1.64. The van der Waals surface area contributed by atoms with Gasteiger partial charge in [-0.3, -0.25) is 19.3 Å². The van der Waals surface area contributed by atoms with Gasteiger partial charge >= 0.3 is 11.9 Å². The van der Waals surface area contributed by atoms with Gasteiger partial charge in [0.15, 0.2) is 22.3 Å². The van der Waals surface area contributed by atoms with Crippen LogP contribution in [0.2, 0.25) is 5.02 Å². The van der Waals surface area contributed by atoms with E-state index in [-0.39, 0.29) is 44.3 Å². The first-order valence-corrected chi connectivity index (χ1v) is 18.5. The number of piperidine rings is 1. The normalized spacial score (nSPS) is 26.0. The van der Waals surface area contributed by atoms with Crippen molar-refractivity contribution in [3.05, 3.63) is 45.1 Å². The molecule has 3 atom stereocenters. The Morgan fingerprint density at radius 2 is 1.87 bits per heavy atom. The van der Waals surface area contributed by atoms with Crippen LogP contribution in [0.1, 0.15) is 49.7 Å². The summed E-state index contributed by atoms with van der Waals surface area (Å²) in [5, 5.41) is 46.3. The van der Waals surface area contributed by atoms with Gasteiger partial charge in [0.2, 0.25) is 5.60 Å². The van der Waals surface area contributed by atoms with E-state index in [0.717, 1.165) is 11.3 Å². The van der Waals surface area contributed by atoms with Crippen molar-refractivity contribution in [2.24, 2.45) is 5.16 Å². The van der Waals surface area contributed by atoms with Crippen molar-refractivity contribution in [1.82, 2.24) is 20.1 Å². The molecule has 7 N–H and O–H groups in total. The number of aromatic hydroxyl groups is 2. The number of aromatic nitrogens is 1. The summed E-state index contributed by atoms with van der Waals surface area (Å²) in [5.74, 6) is -5.52. The Bertz CT molecular complexity index is 1930. The topological polar surface area (TPSA) is 245 Å². The van der Waals surface area contributed by atoms with E-state index in [1.807, 2.05) is 6.92 Å². The van der Waals surface area contributed by atoms with Crippen molar-refractivity contribution in [3.63, 3.8) is 0 Å². The van der Waals surface area contributed by atoms with Crippen LogP contribution in [0.4, 0.5) is 5.13 Å². The zero-order valence-electron chi connectivity index (χ0n) is 28.2. The Morgan fingerprint density at radius 3 is 2.48 bits per heavy atom. The molecule has 17 nitrogen and oxygen atoms in total. The van der Waals surface area contributed by atoms with Crippen molar-refractivity contribution in [2.45, 2.75) is 61.9 Å². The van der Waals surface area contributed by atoms with Crippen LogP contribution in [0.25, 0.3) is 0 Å². The van der Waals surface area contributed by atoms with Crippen molar-refractivity contribution in [2.75, 3.05) is 38.5 Å². The van der Waals surface area contributed by atoms with Crippen LogP contribution >= 0.6 is 34.7 Å². The number of aliphatic carboxylic acids is 2. The second-order valence-corrected chi connectivity index (χ2v) is 16.3. The van der Waals surface area contributed by atoms with Crippen LogP contribution in [0.5, 0.6) is 11.5 Å². The fraction of sp³-hybridized carbons (Fsp3) is 0.469. The zero-order chi connectivity index (χ0) is 37.9. The number of amides is 3. The third kappa shape index (κ3) is 6.61. The molecule has 0 aliphatic carbocycles. The molecular formula is C32H37ClN7O10S2+. The highest BCUT2D eigenvalue weighted by Gasteiger charge is 2.57. The molecule has 0 radical (unpaired) electrons. The number of oxime groups is 1. The molecule has 2 bridgehead atoms. The molecule has 2 aromatic rings. The lowest BCUT2D eigenvalue weighted by Gasteiger charge is -2.52. The Labute approximate surface area is 310 Å². The first-order valence-electron chi connectivity index (χ1n) is 16.3. The fourth-order valence-electron chi connectivity index (χ4n) is 6.95. The van der Waals surface area contributed by atoms with Crippen molar-refractivity contribution >= 4 is 75.2 Å². The number of nitrogen functional groups attached to an aromatic ring is 1. The number of phenols is 2. The van der Waals surface area contributed by atoms with E-state index in [1.165, 1.54) is 48.0 Å². The van der Waals surface area contributed by atoms with Crippen LogP contribution in [0, 0.1) is 0 Å². The number of hydrogen-bond donors (Lipinski definition) is 6. The van der Waals surface area contributed by atoms with Gasteiger partial charge in [-0.05, 0) is 32.9 Å². The van der Waals surface area contributed by atoms with Crippen LogP contribution < -0.4 is 11.1 Å².